The predicted molar refractivity (Wildman–Crippen MR) is 42.1 cm³/mol. The van der Waals surface area contributed by atoms with Gasteiger partial charge in [-0.25, -0.2) is 0 Å². The van der Waals surface area contributed by atoms with Crippen LogP contribution in [0.5, 0.6) is 0 Å². The SMILES string of the molecule is COC(=O)C(C)(C)C(C)(C)O. The summed E-state index contributed by atoms with van der Waals surface area (Å²) < 4.78 is 4.54. The van der Waals surface area contributed by atoms with Gasteiger partial charge in [-0.3, -0.25) is 4.79 Å². The molecule has 0 aliphatic carbocycles. The van der Waals surface area contributed by atoms with Gasteiger partial charge in [0.1, 0.15) is 0 Å². The highest BCUT2D eigenvalue weighted by Crippen LogP contribution is 2.31. The first-order valence-corrected chi connectivity index (χ1v) is 3.54. The van der Waals surface area contributed by atoms with Gasteiger partial charge in [0.25, 0.3) is 0 Å². The zero-order valence-corrected chi connectivity index (χ0v) is 7.76. The van der Waals surface area contributed by atoms with Crippen LogP contribution in [0.4, 0.5) is 0 Å². The Labute approximate surface area is 67.4 Å². The lowest BCUT2D eigenvalue weighted by Gasteiger charge is -2.33. The van der Waals surface area contributed by atoms with Gasteiger partial charge in [0.2, 0.25) is 0 Å². The number of rotatable bonds is 2. The molecule has 11 heavy (non-hydrogen) atoms. The van der Waals surface area contributed by atoms with Crippen LogP contribution in [0.3, 0.4) is 0 Å². The van der Waals surface area contributed by atoms with Crippen LogP contribution in [0.1, 0.15) is 27.7 Å². The number of esters is 1. The molecule has 0 heterocycles. The van der Waals surface area contributed by atoms with Crippen LogP contribution in [-0.4, -0.2) is 23.8 Å². The molecular formula is C8H16O3. The van der Waals surface area contributed by atoms with Crippen molar-refractivity contribution in [2.75, 3.05) is 7.11 Å². The summed E-state index contributed by atoms with van der Waals surface area (Å²) in [6.07, 6.45) is 0. The van der Waals surface area contributed by atoms with E-state index in [4.69, 9.17) is 0 Å². The van der Waals surface area contributed by atoms with Gasteiger partial charge in [-0.15, -0.1) is 0 Å². The molecule has 3 heteroatoms. The van der Waals surface area contributed by atoms with Crippen molar-refractivity contribution < 1.29 is 14.6 Å². The molecule has 0 spiro atoms. The standard InChI is InChI=1S/C8H16O3/c1-7(2,6(9)11-5)8(3,4)10/h10H,1-5H3. The maximum atomic E-state index is 11.1. The molecule has 3 nitrogen and oxygen atoms in total. The number of methoxy groups -OCH3 is 1. The monoisotopic (exact) mass is 160 g/mol. The summed E-state index contributed by atoms with van der Waals surface area (Å²) in [5.41, 5.74) is -1.91. The summed E-state index contributed by atoms with van der Waals surface area (Å²) in [5, 5.41) is 9.55. The molecule has 0 aromatic carbocycles. The van der Waals surface area contributed by atoms with Crippen molar-refractivity contribution in [3.63, 3.8) is 0 Å². The van der Waals surface area contributed by atoms with Crippen molar-refractivity contribution in [3.8, 4) is 0 Å². The second kappa shape index (κ2) is 2.81. The van der Waals surface area contributed by atoms with Gasteiger partial charge >= 0.3 is 5.97 Å². The van der Waals surface area contributed by atoms with Gasteiger partial charge < -0.3 is 9.84 Å². The number of ether oxygens (including phenoxy) is 1. The van der Waals surface area contributed by atoms with Crippen LogP contribution in [0.2, 0.25) is 0 Å². The zero-order chi connectivity index (χ0) is 9.28. The highest BCUT2D eigenvalue weighted by Gasteiger charge is 2.42. The smallest absolute Gasteiger partial charge is 0.314 e. The molecule has 0 aliphatic rings. The van der Waals surface area contributed by atoms with E-state index >= 15 is 0 Å². The highest BCUT2D eigenvalue weighted by molar-refractivity contribution is 5.77. The van der Waals surface area contributed by atoms with E-state index in [1.54, 1.807) is 27.7 Å². The molecule has 0 radical (unpaired) electrons. The lowest BCUT2D eigenvalue weighted by Crippen LogP contribution is -2.45. The quantitative estimate of drug-likeness (QED) is 0.612. The van der Waals surface area contributed by atoms with E-state index in [9.17, 15) is 9.90 Å². The van der Waals surface area contributed by atoms with E-state index in [0.29, 0.717) is 0 Å². The first-order chi connectivity index (χ1) is 4.73. The van der Waals surface area contributed by atoms with E-state index in [1.165, 1.54) is 7.11 Å². The summed E-state index contributed by atoms with van der Waals surface area (Å²) in [4.78, 5) is 11.1. The molecule has 1 N–H and O–H groups in total. The fourth-order valence-electron chi connectivity index (χ4n) is 0.505. The Balaban J connectivity index is 4.59. The minimum Gasteiger partial charge on any atom is -0.469 e. The molecule has 0 amide bonds. The fourth-order valence-corrected chi connectivity index (χ4v) is 0.505. The number of hydrogen-bond acceptors (Lipinski definition) is 3. The Morgan fingerprint density at radius 2 is 1.64 bits per heavy atom. The van der Waals surface area contributed by atoms with Crippen molar-refractivity contribution in [3.05, 3.63) is 0 Å². The fraction of sp³-hybridized carbons (Fsp3) is 0.875. The first kappa shape index (κ1) is 10.4. The molecule has 0 rings (SSSR count). The van der Waals surface area contributed by atoms with Gasteiger partial charge in [0, 0.05) is 0 Å². The van der Waals surface area contributed by atoms with E-state index < -0.39 is 17.0 Å². The lowest BCUT2D eigenvalue weighted by molar-refractivity contribution is -0.164. The Morgan fingerprint density at radius 1 is 1.27 bits per heavy atom. The molecule has 0 bridgehead atoms. The third-order valence-electron chi connectivity index (χ3n) is 2.23. The summed E-state index contributed by atoms with van der Waals surface area (Å²) in [6, 6.07) is 0. The van der Waals surface area contributed by atoms with Gasteiger partial charge in [0.05, 0.1) is 18.1 Å². The van der Waals surface area contributed by atoms with Crippen LogP contribution in [0.25, 0.3) is 0 Å². The molecule has 0 unspecified atom stereocenters. The predicted octanol–water partition coefficient (Wildman–Crippen LogP) is 0.956. The third-order valence-corrected chi connectivity index (χ3v) is 2.23. The van der Waals surface area contributed by atoms with Gasteiger partial charge in [-0.05, 0) is 27.7 Å². The molecule has 0 fully saturated rings. The first-order valence-electron chi connectivity index (χ1n) is 3.54. The van der Waals surface area contributed by atoms with Crippen LogP contribution in [0, 0.1) is 5.41 Å². The second-order valence-corrected chi connectivity index (χ2v) is 3.68. The molecule has 0 aromatic rings. The molecular weight excluding hydrogens is 144 g/mol. The van der Waals surface area contributed by atoms with Gasteiger partial charge in [-0.2, -0.15) is 0 Å². The molecule has 0 saturated carbocycles. The Kier molecular flexibility index (Phi) is 2.67. The van der Waals surface area contributed by atoms with Crippen molar-refractivity contribution in [1.29, 1.82) is 0 Å². The Bertz CT molecular complexity index is 153. The van der Waals surface area contributed by atoms with Crippen LogP contribution in [-0.2, 0) is 9.53 Å². The number of aliphatic hydroxyl groups is 1. The molecule has 0 saturated heterocycles. The van der Waals surface area contributed by atoms with Crippen molar-refractivity contribution in [2.24, 2.45) is 5.41 Å². The summed E-state index contributed by atoms with van der Waals surface area (Å²) >= 11 is 0. The molecule has 0 aromatic heterocycles. The van der Waals surface area contributed by atoms with Crippen LogP contribution >= 0.6 is 0 Å². The average molecular weight is 160 g/mol. The Hall–Kier alpha value is -0.570. The maximum Gasteiger partial charge on any atom is 0.314 e. The van der Waals surface area contributed by atoms with E-state index in [-0.39, 0.29) is 0 Å². The van der Waals surface area contributed by atoms with Crippen LogP contribution in [0.15, 0.2) is 0 Å². The number of carbonyl (C=O) groups excluding carboxylic acids is 1. The van der Waals surface area contributed by atoms with Crippen LogP contribution < -0.4 is 0 Å². The van der Waals surface area contributed by atoms with Crippen molar-refractivity contribution in [1.82, 2.24) is 0 Å². The second-order valence-electron chi connectivity index (χ2n) is 3.68. The highest BCUT2D eigenvalue weighted by atomic mass is 16.5. The van der Waals surface area contributed by atoms with Crippen molar-refractivity contribution in [2.45, 2.75) is 33.3 Å². The average Bonchev–Trinajstić information content (AvgIpc) is 1.83. The number of hydrogen-bond donors (Lipinski definition) is 1. The molecule has 0 aliphatic heterocycles. The summed E-state index contributed by atoms with van der Waals surface area (Å²) in [5.74, 6) is -0.398. The van der Waals surface area contributed by atoms with E-state index in [0.717, 1.165) is 0 Å². The van der Waals surface area contributed by atoms with Gasteiger partial charge in [-0.1, -0.05) is 0 Å². The topological polar surface area (TPSA) is 46.5 Å². The van der Waals surface area contributed by atoms with Gasteiger partial charge in [0.15, 0.2) is 0 Å². The molecule has 66 valence electrons. The normalized spacial score (nSPS) is 12.9. The number of carbonyl (C=O) groups is 1. The minimum absolute atomic E-state index is 0.398. The maximum absolute atomic E-state index is 11.1. The molecule has 0 atom stereocenters. The van der Waals surface area contributed by atoms with E-state index in [1.807, 2.05) is 0 Å². The summed E-state index contributed by atoms with van der Waals surface area (Å²) in [6.45, 7) is 6.48. The minimum atomic E-state index is -1.06. The zero-order valence-electron chi connectivity index (χ0n) is 7.76. The summed E-state index contributed by atoms with van der Waals surface area (Å²) in [7, 11) is 1.32. The largest absolute Gasteiger partial charge is 0.469 e. The third kappa shape index (κ3) is 1.93. The Morgan fingerprint density at radius 3 is 1.73 bits per heavy atom. The van der Waals surface area contributed by atoms with E-state index in [2.05, 4.69) is 4.74 Å². The van der Waals surface area contributed by atoms with Crippen molar-refractivity contribution >= 4 is 5.97 Å². The lowest BCUT2D eigenvalue weighted by atomic mass is 9.77.